The van der Waals surface area contributed by atoms with Gasteiger partial charge in [0, 0.05) is 50.5 Å². The molecule has 250 valence electrons. The lowest BCUT2D eigenvalue weighted by Gasteiger charge is -2.34. The van der Waals surface area contributed by atoms with E-state index in [0.717, 1.165) is 42.1 Å². The number of benzene rings is 2. The van der Waals surface area contributed by atoms with Gasteiger partial charge in [0.25, 0.3) is 5.91 Å². The lowest BCUT2D eigenvalue weighted by Crippen LogP contribution is -2.46. The van der Waals surface area contributed by atoms with Crippen molar-refractivity contribution in [3.05, 3.63) is 64.8 Å². The minimum Gasteiger partial charge on any atom is -0.495 e. The minimum atomic E-state index is -4.77. The van der Waals surface area contributed by atoms with Gasteiger partial charge >= 0.3 is 6.18 Å². The molecule has 1 amide bonds. The van der Waals surface area contributed by atoms with Gasteiger partial charge in [-0.3, -0.25) is 9.10 Å². The molecular formula is C31H40F3N7O4S. The summed E-state index contributed by atoms with van der Waals surface area (Å²) >= 11 is 0. The first kappa shape index (κ1) is 34.8. The summed E-state index contributed by atoms with van der Waals surface area (Å²) in [5.41, 5.74) is 1.17. The van der Waals surface area contributed by atoms with E-state index in [2.05, 4.69) is 44.7 Å². The Morgan fingerprint density at radius 1 is 1.15 bits per heavy atom. The van der Waals surface area contributed by atoms with E-state index in [-0.39, 0.29) is 30.2 Å². The topological polar surface area (TPSA) is 129 Å². The van der Waals surface area contributed by atoms with E-state index in [9.17, 15) is 26.4 Å². The van der Waals surface area contributed by atoms with Crippen LogP contribution in [0.3, 0.4) is 0 Å². The van der Waals surface area contributed by atoms with Gasteiger partial charge in [0.05, 0.1) is 24.7 Å². The molecule has 15 heteroatoms. The highest BCUT2D eigenvalue weighted by Gasteiger charge is 2.35. The predicted molar refractivity (Wildman–Crippen MR) is 172 cm³/mol. The molecule has 0 atom stereocenters. The van der Waals surface area contributed by atoms with Gasteiger partial charge in [-0.1, -0.05) is 12.1 Å². The van der Waals surface area contributed by atoms with Crippen LogP contribution in [-0.2, 0) is 22.7 Å². The number of hydrogen-bond acceptors (Lipinski definition) is 9. The Hall–Kier alpha value is -4.11. The third-order valence-corrected chi connectivity index (χ3v) is 9.11. The van der Waals surface area contributed by atoms with Crippen molar-refractivity contribution >= 4 is 39.1 Å². The molecule has 0 bridgehead atoms. The fraction of sp³-hybridized carbons (Fsp3) is 0.452. The van der Waals surface area contributed by atoms with Crippen LogP contribution in [0.1, 0.15) is 53.7 Å². The summed E-state index contributed by atoms with van der Waals surface area (Å²) in [6.45, 7) is 7.74. The van der Waals surface area contributed by atoms with Crippen molar-refractivity contribution in [2.75, 3.05) is 48.4 Å². The largest absolute Gasteiger partial charge is 0.495 e. The van der Waals surface area contributed by atoms with Gasteiger partial charge in [-0.15, -0.1) is 0 Å². The van der Waals surface area contributed by atoms with Crippen LogP contribution in [0.2, 0.25) is 0 Å². The fourth-order valence-electron chi connectivity index (χ4n) is 5.14. The molecule has 0 aliphatic carbocycles. The average molecular weight is 664 g/mol. The van der Waals surface area contributed by atoms with E-state index in [1.165, 1.54) is 14.2 Å². The minimum absolute atomic E-state index is 0.0560. The number of aryl methyl sites for hydroxylation is 1. The first-order valence-corrected chi connectivity index (χ1v) is 16.6. The number of piperidine rings is 1. The molecule has 0 unspecified atom stereocenters. The Morgan fingerprint density at radius 3 is 2.46 bits per heavy atom. The van der Waals surface area contributed by atoms with Crippen LogP contribution < -0.4 is 25.0 Å². The summed E-state index contributed by atoms with van der Waals surface area (Å²) < 4.78 is 72.7. The molecule has 0 spiro atoms. The van der Waals surface area contributed by atoms with Gasteiger partial charge in [0.1, 0.15) is 17.1 Å². The standard InChI is InChI=1S/C31H40F3N7O4S/c1-19(2)41-13-11-23(12-14-41)37-29(42)21-9-10-25(27(16-21)45-5)38-30-36-18-24(31(32,33)34)28(39-30)35-17-22-8-7-20(3)15-26(22)40(4)46(6,43)44/h7-10,15-16,18-19,23H,11-14,17H2,1-6H3,(H,37,42)(H2,35,36,38,39). The van der Waals surface area contributed by atoms with Crippen LogP contribution in [0.5, 0.6) is 5.75 Å². The highest BCUT2D eigenvalue weighted by atomic mass is 32.2. The number of likely N-dealkylation sites (tertiary alicyclic amines) is 1. The third-order valence-electron chi connectivity index (χ3n) is 7.92. The van der Waals surface area contributed by atoms with Gasteiger partial charge < -0.3 is 25.6 Å². The van der Waals surface area contributed by atoms with Crippen LogP contribution >= 0.6 is 0 Å². The highest BCUT2D eigenvalue weighted by molar-refractivity contribution is 7.92. The highest BCUT2D eigenvalue weighted by Crippen LogP contribution is 2.36. The monoisotopic (exact) mass is 663 g/mol. The molecule has 1 fully saturated rings. The Labute approximate surface area is 267 Å². The summed E-state index contributed by atoms with van der Waals surface area (Å²) in [5, 5.41) is 8.67. The molecule has 0 saturated carbocycles. The zero-order valence-corrected chi connectivity index (χ0v) is 27.5. The van der Waals surface area contributed by atoms with E-state index in [4.69, 9.17) is 4.74 Å². The maximum Gasteiger partial charge on any atom is 0.421 e. The van der Waals surface area contributed by atoms with Crippen molar-refractivity contribution in [1.82, 2.24) is 20.2 Å². The van der Waals surface area contributed by atoms with Crippen molar-refractivity contribution in [3.63, 3.8) is 0 Å². The van der Waals surface area contributed by atoms with Gasteiger partial charge in [0.2, 0.25) is 16.0 Å². The van der Waals surface area contributed by atoms with Gasteiger partial charge in [-0.2, -0.15) is 18.2 Å². The molecule has 1 aliphatic rings. The number of carbonyl (C=O) groups excluding carboxylic acids is 1. The number of sulfonamides is 1. The summed E-state index contributed by atoms with van der Waals surface area (Å²) in [6, 6.07) is 10.2. The number of anilines is 4. The summed E-state index contributed by atoms with van der Waals surface area (Å²) in [4.78, 5) is 23.3. The number of methoxy groups -OCH3 is 1. The first-order chi connectivity index (χ1) is 21.6. The Bertz CT molecular complexity index is 1660. The Kier molecular flexibility index (Phi) is 10.7. The van der Waals surface area contributed by atoms with Gasteiger partial charge in [-0.25, -0.2) is 13.4 Å². The number of halogens is 3. The van der Waals surface area contributed by atoms with E-state index < -0.39 is 27.6 Å². The number of hydrogen-bond donors (Lipinski definition) is 3. The molecule has 11 nitrogen and oxygen atoms in total. The van der Waals surface area contributed by atoms with Gasteiger partial charge in [-0.05, 0) is 69.0 Å². The Balaban J connectivity index is 1.53. The number of rotatable bonds is 11. The molecule has 0 radical (unpaired) electrons. The van der Waals surface area contributed by atoms with Crippen molar-refractivity contribution in [3.8, 4) is 5.75 Å². The molecule has 4 rings (SSSR count). The molecule has 1 aromatic heterocycles. The van der Waals surface area contributed by atoms with E-state index in [1.807, 2.05) is 0 Å². The molecule has 3 N–H and O–H groups in total. The van der Waals surface area contributed by atoms with Crippen LogP contribution in [0.4, 0.5) is 36.3 Å². The normalized spacial score (nSPS) is 14.7. The van der Waals surface area contributed by atoms with Crippen LogP contribution in [0, 0.1) is 6.92 Å². The van der Waals surface area contributed by atoms with E-state index in [1.54, 1.807) is 43.3 Å². The third kappa shape index (κ3) is 8.57. The molecule has 3 aromatic rings. The number of nitrogens with zero attached hydrogens (tertiary/aromatic N) is 4. The lowest BCUT2D eigenvalue weighted by molar-refractivity contribution is -0.137. The zero-order valence-electron chi connectivity index (χ0n) is 26.7. The average Bonchev–Trinajstić information content (AvgIpc) is 2.99. The molecule has 1 saturated heterocycles. The molecule has 46 heavy (non-hydrogen) atoms. The summed E-state index contributed by atoms with van der Waals surface area (Å²) in [5.74, 6) is -0.632. The second kappa shape index (κ2) is 14.1. The van der Waals surface area contributed by atoms with Crippen molar-refractivity contribution in [1.29, 1.82) is 0 Å². The van der Waals surface area contributed by atoms with Crippen LogP contribution in [0.25, 0.3) is 0 Å². The summed E-state index contributed by atoms with van der Waals surface area (Å²) in [7, 11) is -0.839. The molecular weight excluding hydrogens is 623 g/mol. The number of amides is 1. The van der Waals surface area contributed by atoms with Crippen molar-refractivity contribution in [2.45, 2.75) is 58.4 Å². The van der Waals surface area contributed by atoms with Crippen molar-refractivity contribution < 1.29 is 31.1 Å². The second-order valence-corrected chi connectivity index (χ2v) is 13.6. The lowest BCUT2D eigenvalue weighted by atomic mass is 10.0. The zero-order chi connectivity index (χ0) is 33.8. The summed E-state index contributed by atoms with van der Waals surface area (Å²) in [6.07, 6.45) is -1.36. The maximum absolute atomic E-state index is 13.9. The number of ether oxygens (including phenoxy) is 1. The second-order valence-electron chi connectivity index (χ2n) is 11.6. The molecule has 1 aliphatic heterocycles. The number of nitrogens with one attached hydrogen (secondary N) is 3. The molecule has 2 aromatic carbocycles. The van der Waals surface area contributed by atoms with Crippen molar-refractivity contribution in [2.24, 2.45) is 0 Å². The Morgan fingerprint density at radius 2 is 1.85 bits per heavy atom. The number of alkyl halides is 3. The van der Waals surface area contributed by atoms with E-state index >= 15 is 0 Å². The van der Waals surface area contributed by atoms with Crippen LogP contribution in [0.15, 0.2) is 42.6 Å². The first-order valence-electron chi connectivity index (χ1n) is 14.8. The van der Waals surface area contributed by atoms with Crippen LogP contribution in [-0.4, -0.2) is 74.8 Å². The number of carbonyl (C=O) groups is 1. The quantitative estimate of drug-likeness (QED) is 0.255. The van der Waals surface area contributed by atoms with Gasteiger partial charge in [0.15, 0.2) is 0 Å². The molecule has 2 heterocycles. The van der Waals surface area contributed by atoms with E-state index in [0.29, 0.717) is 34.7 Å². The number of aromatic nitrogens is 2. The fourth-order valence-corrected chi connectivity index (χ4v) is 5.67. The predicted octanol–water partition coefficient (Wildman–Crippen LogP) is 5.17. The SMILES string of the molecule is COc1cc(C(=O)NC2CCN(C(C)C)CC2)ccc1Nc1ncc(C(F)(F)F)c(NCc2ccc(C)cc2N(C)S(C)(=O)=O)n1. The smallest absolute Gasteiger partial charge is 0.421 e. The maximum atomic E-state index is 13.9.